The molecule has 23 heavy (non-hydrogen) atoms. The zero-order chi connectivity index (χ0) is 16.5. The average Bonchev–Trinajstić information content (AvgIpc) is 3.20. The molecule has 1 aromatic rings. The highest BCUT2D eigenvalue weighted by molar-refractivity contribution is 9.11. The Kier molecular flexibility index (Phi) is 8.01. The fraction of sp³-hybridized carbons (Fsp3) is 0.600. The fourth-order valence-electron chi connectivity index (χ4n) is 2.14. The van der Waals surface area contributed by atoms with Gasteiger partial charge in [0.05, 0.1) is 27.9 Å². The molecule has 2 amide bonds. The highest BCUT2D eigenvalue weighted by atomic mass is 79.9. The first-order valence-corrected chi connectivity index (χ1v) is 9.25. The van der Waals surface area contributed by atoms with Crippen LogP contribution in [0.5, 0.6) is 0 Å². The van der Waals surface area contributed by atoms with Crippen LogP contribution in [-0.2, 0) is 14.3 Å². The Hall–Kier alpha value is -0.960. The monoisotopic (exact) mass is 404 g/mol. The first-order chi connectivity index (χ1) is 11.1. The van der Waals surface area contributed by atoms with Crippen molar-refractivity contribution in [2.45, 2.75) is 25.4 Å². The Bertz CT molecular complexity index is 517. The van der Waals surface area contributed by atoms with Crippen molar-refractivity contribution < 1.29 is 19.1 Å². The second-order valence-corrected chi connectivity index (χ2v) is 7.66. The molecule has 2 N–H and O–H groups in total. The molecule has 0 aromatic carbocycles. The van der Waals surface area contributed by atoms with Crippen molar-refractivity contribution in [1.29, 1.82) is 0 Å². The van der Waals surface area contributed by atoms with Gasteiger partial charge in [0.15, 0.2) is 0 Å². The minimum atomic E-state index is -0.240. The van der Waals surface area contributed by atoms with E-state index in [1.165, 1.54) is 11.3 Å². The van der Waals surface area contributed by atoms with E-state index in [0.717, 1.165) is 29.7 Å². The Morgan fingerprint density at radius 1 is 1.39 bits per heavy atom. The summed E-state index contributed by atoms with van der Waals surface area (Å²) < 4.78 is 11.8. The van der Waals surface area contributed by atoms with Gasteiger partial charge in [-0.2, -0.15) is 0 Å². The van der Waals surface area contributed by atoms with Crippen LogP contribution >= 0.6 is 27.3 Å². The molecule has 2 rings (SSSR count). The van der Waals surface area contributed by atoms with Gasteiger partial charge in [-0.15, -0.1) is 11.3 Å². The molecule has 0 unspecified atom stereocenters. The Morgan fingerprint density at radius 3 is 2.96 bits per heavy atom. The number of halogens is 1. The van der Waals surface area contributed by atoms with E-state index < -0.39 is 0 Å². The summed E-state index contributed by atoms with van der Waals surface area (Å²) in [7, 11) is 0. The molecule has 1 aliphatic rings. The lowest BCUT2D eigenvalue weighted by Gasteiger charge is -2.10. The molecular formula is C15H21BrN2O4S. The van der Waals surface area contributed by atoms with E-state index in [4.69, 9.17) is 9.47 Å². The molecule has 0 spiro atoms. The van der Waals surface area contributed by atoms with E-state index >= 15 is 0 Å². The minimum absolute atomic E-state index is 0.0227. The first-order valence-electron chi connectivity index (χ1n) is 7.65. The van der Waals surface area contributed by atoms with Crippen molar-refractivity contribution in [2.75, 3.05) is 32.9 Å². The molecule has 6 nitrogen and oxygen atoms in total. The maximum absolute atomic E-state index is 11.8. The predicted octanol–water partition coefficient (Wildman–Crippen LogP) is 1.94. The lowest BCUT2D eigenvalue weighted by molar-refractivity contribution is -0.120. The van der Waals surface area contributed by atoms with Crippen LogP contribution in [0.15, 0.2) is 15.9 Å². The fourth-order valence-corrected chi connectivity index (χ4v) is 3.44. The number of nitrogens with one attached hydrogen (secondary N) is 2. The predicted molar refractivity (Wildman–Crippen MR) is 91.8 cm³/mol. The summed E-state index contributed by atoms with van der Waals surface area (Å²) in [5.41, 5.74) is 0. The lowest BCUT2D eigenvalue weighted by Crippen LogP contribution is -2.37. The third-order valence-electron chi connectivity index (χ3n) is 3.32. The Morgan fingerprint density at radius 2 is 2.26 bits per heavy atom. The molecule has 0 radical (unpaired) electrons. The van der Waals surface area contributed by atoms with Gasteiger partial charge in [-0.25, -0.2) is 0 Å². The Balaban J connectivity index is 1.47. The number of carbonyl (C=O) groups is 2. The van der Waals surface area contributed by atoms with E-state index in [1.807, 2.05) is 0 Å². The summed E-state index contributed by atoms with van der Waals surface area (Å²) in [6, 6.07) is 3.52. The molecule has 0 bridgehead atoms. The highest BCUT2D eigenvalue weighted by Gasteiger charge is 2.15. The third-order valence-corrected chi connectivity index (χ3v) is 4.94. The normalized spacial score (nSPS) is 17.2. The van der Waals surface area contributed by atoms with Gasteiger partial charge in [0.25, 0.3) is 5.91 Å². The van der Waals surface area contributed by atoms with E-state index in [9.17, 15) is 9.59 Å². The summed E-state index contributed by atoms with van der Waals surface area (Å²) in [4.78, 5) is 24.0. The quantitative estimate of drug-likeness (QED) is 0.616. The van der Waals surface area contributed by atoms with Gasteiger partial charge >= 0.3 is 0 Å². The summed E-state index contributed by atoms with van der Waals surface area (Å²) in [5, 5.41) is 5.34. The maximum atomic E-state index is 11.8. The number of ether oxygens (including phenoxy) is 2. The number of carbonyl (C=O) groups excluding carboxylic acids is 2. The summed E-state index contributed by atoms with van der Waals surface area (Å²) in [6.45, 7) is 2.56. The second-order valence-electron chi connectivity index (χ2n) is 5.20. The molecule has 1 saturated heterocycles. The molecule has 128 valence electrons. The van der Waals surface area contributed by atoms with Gasteiger partial charge in [0, 0.05) is 19.8 Å². The van der Waals surface area contributed by atoms with Gasteiger partial charge in [-0.3, -0.25) is 9.59 Å². The molecule has 1 aliphatic heterocycles. The molecule has 1 fully saturated rings. The maximum Gasteiger partial charge on any atom is 0.261 e. The molecule has 1 aromatic heterocycles. The largest absolute Gasteiger partial charge is 0.379 e. The zero-order valence-electron chi connectivity index (χ0n) is 12.8. The number of hydrogen-bond acceptors (Lipinski definition) is 5. The van der Waals surface area contributed by atoms with Gasteiger partial charge in [-0.05, 0) is 47.3 Å². The molecule has 1 atom stereocenters. The van der Waals surface area contributed by atoms with Crippen molar-refractivity contribution in [2.24, 2.45) is 0 Å². The van der Waals surface area contributed by atoms with Crippen molar-refractivity contribution in [3.05, 3.63) is 20.8 Å². The van der Waals surface area contributed by atoms with Gasteiger partial charge < -0.3 is 20.1 Å². The van der Waals surface area contributed by atoms with E-state index in [-0.39, 0.29) is 24.5 Å². The third kappa shape index (κ3) is 6.99. The number of rotatable bonds is 9. The first kappa shape index (κ1) is 18.4. The Labute approximate surface area is 148 Å². The van der Waals surface area contributed by atoms with Crippen LogP contribution in [0.2, 0.25) is 0 Å². The molecule has 0 saturated carbocycles. The zero-order valence-corrected chi connectivity index (χ0v) is 15.2. The molecule has 2 heterocycles. The molecule has 8 heteroatoms. The van der Waals surface area contributed by atoms with Gasteiger partial charge in [0.2, 0.25) is 5.91 Å². The van der Waals surface area contributed by atoms with Crippen LogP contribution in [-0.4, -0.2) is 50.8 Å². The van der Waals surface area contributed by atoms with Crippen LogP contribution in [0.3, 0.4) is 0 Å². The molecular weight excluding hydrogens is 384 g/mol. The average molecular weight is 405 g/mol. The van der Waals surface area contributed by atoms with Crippen LogP contribution < -0.4 is 10.6 Å². The molecule has 0 aliphatic carbocycles. The summed E-state index contributed by atoms with van der Waals surface area (Å²) >= 11 is 4.63. The smallest absolute Gasteiger partial charge is 0.261 e. The summed E-state index contributed by atoms with van der Waals surface area (Å²) in [5.74, 6) is -0.441. The van der Waals surface area contributed by atoms with Crippen LogP contribution in [0.1, 0.15) is 28.9 Å². The van der Waals surface area contributed by atoms with Crippen LogP contribution in [0, 0.1) is 0 Å². The second kappa shape index (κ2) is 10.0. The topological polar surface area (TPSA) is 76.7 Å². The van der Waals surface area contributed by atoms with Crippen molar-refractivity contribution >= 4 is 39.1 Å². The standard InChI is InChI=1S/C15H21BrN2O4S/c16-13-5-4-12(23-13)15(20)18-9-14(19)17-6-2-7-21-10-11-3-1-8-22-11/h4-5,11H,1-3,6-10H2,(H,17,19)(H,18,20)/t11-/m0/s1. The van der Waals surface area contributed by atoms with Crippen LogP contribution in [0.25, 0.3) is 0 Å². The highest BCUT2D eigenvalue weighted by Crippen LogP contribution is 2.21. The lowest BCUT2D eigenvalue weighted by atomic mass is 10.2. The van der Waals surface area contributed by atoms with E-state index in [0.29, 0.717) is 24.6 Å². The van der Waals surface area contributed by atoms with Crippen molar-refractivity contribution in [1.82, 2.24) is 10.6 Å². The number of thiophene rings is 1. The van der Waals surface area contributed by atoms with Crippen molar-refractivity contribution in [3.8, 4) is 0 Å². The number of hydrogen-bond donors (Lipinski definition) is 2. The summed E-state index contributed by atoms with van der Waals surface area (Å²) in [6.07, 6.45) is 3.15. The SMILES string of the molecule is O=C(CNC(=O)c1ccc(Br)s1)NCCCOC[C@@H]1CCCO1. The number of amides is 2. The minimum Gasteiger partial charge on any atom is -0.379 e. The van der Waals surface area contributed by atoms with Gasteiger partial charge in [0.1, 0.15) is 0 Å². The van der Waals surface area contributed by atoms with Crippen molar-refractivity contribution in [3.63, 3.8) is 0 Å². The van der Waals surface area contributed by atoms with Gasteiger partial charge in [-0.1, -0.05) is 0 Å². The van der Waals surface area contributed by atoms with Crippen LogP contribution in [0.4, 0.5) is 0 Å². The van der Waals surface area contributed by atoms with E-state index in [1.54, 1.807) is 12.1 Å². The van der Waals surface area contributed by atoms with E-state index in [2.05, 4.69) is 26.6 Å².